The van der Waals surface area contributed by atoms with Crippen molar-refractivity contribution in [2.75, 3.05) is 26.2 Å². The molecule has 0 spiro atoms. The van der Waals surface area contributed by atoms with Gasteiger partial charge in [-0.05, 0) is 35.6 Å². The number of amides is 1. The van der Waals surface area contributed by atoms with Crippen molar-refractivity contribution in [2.45, 2.75) is 19.4 Å². The molecule has 29 heavy (non-hydrogen) atoms. The van der Waals surface area contributed by atoms with Crippen LogP contribution in [0.1, 0.15) is 22.7 Å². The second-order valence-corrected chi connectivity index (χ2v) is 8.13. The fourth-order valence-electron chi connectivity index (χ4n) is 4.94. The molecule has 2 saturated heterocycles. The Labute approximate surface area is 169 Å². The third kappa shape index (κ3) is 3.90. The van der Waals surface area contributed by atoms with E-state index in [1.807, 2.05) is 41.0 Å². The van der Waals surface area contributed by atoms with Crippen LogP contribution < -0.4 is 0 Å². The maximum Gasteiger partial charge on any atom is 0.317 e. The molecule has 2 fully saturated rings. The van der Waals surface area contributed by atoms with Gasteiger partial charge in [-0.3, -0.25) is 14.5 Å². The normalized spacial score (nSPS) is 23.9. The largest absolute Gasteiger partial charge is 0.480 e. The molecule has 1 N–H and O–H groups in total. The van der Waals surface area contributed by atoms with E-state index in [9.17, 15) is 14.0 Å². The molecule has 2 aromatic carbocycles. The van der Waals surface area contributed by atoms with Gasteiger partial charge < -0.3 is 10.0 Å². The van der Waals surface area contributed by atoms with E-state index in [1.165, 1.54) is 6.07 Å². The maximum atomic E-state index is 14.1. The predicted octanol–water partition coefficient (Wildman–Crippen LogP) is 2.89. The zero-order valence-corrected chi connectivity index (χ0v) is 16.4. The van der Waals surface area contributed by atoms with Crippen LogP contribution in [0.3, 0.4) is 0 Å². The molecule has 0 aromatic heterocycles. The van der Waals surface area contributed by atoms with Gasteiger partial charge in [-0.25, -0.2) is 4.39 Å². The molecule has 6 heteroatoms. The molecule has 5 nitrogen and oxygen atoms in total. The number of aryl methyl sites for hydroxylation is 1. The SMILES string of the molecule is Cc1ccccc1[C@@H]1[C@H]2CN(CC(=O)O)C[C@H]2CN1C(=O)Cc1ccccc1F. The summed E-state index contributed by atoms with van der Waals surface area (Å²) in [6.45, 7) is 3.96. The Balaban J connectivity index is 1.62. The Morgan fingerprint density at radius 1 is 1.07 bits per heavy atom. The summed E-state index contributed by atoms with van der Waals surface area (Å²) in [6.07, 6.45) is 0.0351. The molecule has 152 valence electrons. The summed E-state index contributed by atoms with van der Waals surface area (Å²) >= 11 is 0. The van der Waals surface area contributed by atoms with E-state index in [2.05, 4.69) is 0 Å². The van der Waals surface area contributed by atoms with Gasteiger partial charge in [-0.15, -0.1) is 0 Å². The topological polar surface area (TPSA) is 60.9 Å². The number of benzene rings is 2. The number of nitrogens with zero attached hydrogens (tertiary/aromatic N) is 2. The standard InChI is InChI=1S/C23H25FN2O3/c1-15-6-2-4-8-18(15)23-19-13-25(14-22(28)29)11-17(19)12-26(23)21(27)10-16-7-3-5-9-20(16)24/h2-9,17,19,23H,10-14H2,1H3,(H,28,29)/t17-,19-,23+/m0/s1. The van der Waals surface area contributed by atoms with Crippen molar-refractivity contribution < 1.29 is 19.1 Å². The minimum Gasteiger partial charge on any atom is -0.480 e. The van der Waals surface area contributed by atoms with E-state index in [4.69, 9.17) is 5.11 Å². The Kier molecular flexibility index (Phi) is 5.37. The fourth-order valence-corrected chi connectivity index (χ4v) is 4.94. The van der Waals surface area contributed by atoms with E-state index in [-0.39, 0.29) is 42.6 Å². The lowest BCUT2D eigenvalue weighted by atomic mass is 9.87. The minimum absolute atomic E-state index is 0.0245. The molecule has 2 heterocycles. The molecule has 0 radical (unpaired) electrons. The molecule has 4 rings (SSSR count). The van der Waals surface area contributed by atoms with Gasteiger partial charge in [0, 0.05) is 25.6 Å². The second-order valence-electron chi connectivity index (χ2n) is 8.13. The Morgan fingerprint density at radius 2 is 1.79 bits per heavy atom. The van der Waals surface area contributed by atoms with Gasteiger partial charge in [0.15, 0.2) is 0 Å². The lowest BCUT2D eigenvalue weighted by Crippen LogP contribution is -2.38. The fraction of sp³-hybridized carbons (Fsp3) is 0.391. The van der Waals surface area contributed by atoms with Crippen molar-refractivity contribution in [2.24, 2.45) is 11.8 Å². The lowest BCUT2D eigenvalue weighted by molar-refractivity contribution is -0.138. The average molecular weight is 396 g/mol. The van der Waals surface area contributed by atoms with Gasteiger partial charge in [0.2, 0.25) is 5.91 Å². The van der Waals surface area contributed by atoms with Crippen molar-refractivity contribution in [3.8, 4) is 0 Å². The summed E-state index contributed by atoms with van der Waals surface area (Å²) < 4.78 is 14.1. The van der Waals surface area contributed by atoms with E-state index >= 15 is 0 Å². The highest BCUT2D eigenvalue weighted by Gasteiger charge is 2.49. The highest BCUT2D eigenvalue weighted by molar-refractivity contribution is 5.80. The average Bonchev–Trinajstić information content (AvgIpc) is 3.21. The van der Waals surface area contributed by atoms with Crippen LogP contribution in [0.2, 0.25) is 0 Å². The van der Waals surface area contributed by atoms with Gasteiger partial charge in [0.25, 0.3) is 0 Å². The monoisotopic (exact) mass is 396 g/mol. The van der Waals surface area contributed by atoms with Crippen LogP contribution in [0.15, 0.2) is 48.5 Å². The van der Waals surface area contributed by atoms with Crippen molar-refractivity contribution in [1.82, 2.24) is 9.80 Å². The molecule has 0 aliphatic carbocycles. The van der Waals surface area contributed by atoms with E-state index in [0.717, 1.165) is 11.1 Å². The number of carbonyl (C=O) groups excluding carboxylic acids is 1. The van der Waals surface area contributed by atoms with Gasteiger partial charge in [0.05, 0.1) is 19.0 Å². The number of hydrogen-bond acceptors (Lipinski definition) is 3. The zero-order valence-electron chi connectivity index (χ0n) is 16.4. The van der Waals surface area contributed by atoms with E-state index < -0.39 is 5.97 Å². The number of carbonyl (C=O) groups is 2. The van der Waals surface area contributed by atoms with E-state index in [1.54, 1.807) is 18.2 Å². The summed E-state index contributed by atoms with van der Waals surface area (Å²) in [5.74, 6) is -0.865. The van der Waals surface area contributed by atoms with Gasteiger partial charge in [0.1, 0.15) is 5.82 Å². The summed E-state index contributed by atoms with van der Waals surface area (Å²) in [6, 6.07) is 14.3. The first-order valence-corrected chi connectivity index (χ1v) is 9.96. The maximum absolute atomic E-state index is 14.1. The van der Waals surface area contributed by atoms with Crippen LogP contribution in [-0.2, 0) is 16.0 Å². The quantitative estimate of drug-likeness (QED) is 0.844. The summed E-state index contributed by atoms with van der Waals surface area (Å²) in [5.41, 5.74) is 2.61. The molecule has 2 aromatic rings. The van der Waals surface area contributed by atoms with Crippen LogP contribution in [0.4, 0.5) is 4.39 Å². The van der Waals surface area contributed by atoms with Crippen LogP contribution in [0, 0.1) is 24.6 Å². The van der Waals surface area contributed by atoms with Crippen molar-refractivity contribution >= 4 is 11.9 Å². The van der Waals surface area contributed by atoms with Gasteiger partial charge in [-0.1, -0.05) is 42.5 Å². The molecule has 2 aliphatic heterocycles. The highest BCUT2D eigenvalue weighted by Crippen LogP contribution is 2.45. The highest BCUT2D eigenvalue weighted by atomic mass is 19.1. The molecule has 0 saturated carbocycles. The number of fused-ring (bicyclic) bond motifs is 1. The number of carboxylic acids is 1. The number of rotatable bonds is 5. The number of halogens is 1. The summed E-state index contributed by atoms with van der Waals surface area (Å²) in [4.78, 5) is 28.2. The number of carboxylic acid groups (broad SMARTS) is 1. The molecular weight excluding hydrogens is 371 g/mol. The Morgan fingerprint density at radius 3 is 2.52 bits per heavy atom. The Hall–Kier alpha value is -2.73. The second kappa shape index (κ2) is 7.95. The number of hydrogen-bond donors (Lipinski definition) is 1. The van der Waals surface area contributed by atoms with Crippen molar-refractivity contribution in [3.05, 3.63) is 71.0 Å². The van der Waals surface area contributed by atoms with Crippen LogP contribution in [0.5, 0.6) is 0 Å². The first-order chi connectivity index (χ1) is 13.9. The molecule has 2 aliphatic rings. The third-order valence-electron chi connectivity index (χ3n) is 6.23. The Bertz CT molecular complexity index is 932. The smallest absolute Gasteiger partial charge is 0.317 e. The summed E-state index contributed by atoms with van der Waals surface area (Å²) in [7, 11) is 0. The third-order valence-corrected chi connectivity index (χ3v) is 6.23. The number of likely N-dealkylation sites (tertiary alicyclic amines) is 2. The van der Waals surface area contributed by atoms with Gasteiger partial charge >= 0.3 is 5.97 Å². The van der Waals surface area contributed by atoms with Crippen LogP contribution in [0.25, 0.3) is 0 Å². The van der Waals surface area contributed by atoms with E-state index in [0.29, 0.717) is 25.2 Å². The number of aliphatic carboxylic acids is 1. The first-order valence-electron chi connectivity index (χ1n) is 9.96. The minimum atomic E-state index is -0.829. The van der Waals surface area contributed by atoms with Gasteiger partial charge in [-0.2, -0.15) is 0 Å². The van der Waals surface area contributed by atoms with Crippen molar-refractivity contribution in [1.29, 1.82) is 0 Å². The predicted molar refractivity (Wildman–Crippen MR) is 107 cm³/mol. The van der Waals surface area contributed by atoms with Crippen LogP contribution in [-0.4, -0.2) is 53.0 Å². The molecule has 0 unspecified atom stereocenters. The molecule has 3 atom stereocenters. The summed E-state index contributed by atoms with van der Waals surface area (Å²) in [5, 5.41) is 9.15. The molecule has 1 amide bonds. The molecule has 0 bridgehead atoms. The van der Waals surface area contributed by atoms with Crippen LogP contribution >= 0.6 is 0 Å². The first kappa shape index (κ1) is 19.6. The zero-order chi connectivity index (χ0) is 20.5. The lowest BCUT2D eigenvalue weighted by Gasteiger charge is -2.31. The molecular formula is C23H25FN2O3. The van der Waals surface area contributed by atoms with Crippen molar-refractivity contribution in [3.63, 3.8) is 0 Å².